The molecule has 0 aromatic heterocycles. The van der Waals surface area contributed by atoms with E-state index < -0.39 is 0 Å². The molecule has 0 unspecified atom stereocenters. The van der Waals surface area contributed by atoms with Crippen LogP contribution in [0.2, 0.25) is 0 Å². The van der Waals surface area contributed by atoms with Gasteiger partial charge in [0.1, 0.15) is 0 Å². The van der Waals surface area contributed by atoms with Crippen LogP contribution in [0.4, 0.5) is 0 Å². The first-order valence-electron chi connectivity index (χ1n) is 20.7. The third kappa shape index (κ3) is 27.9. The maximum atomic E-state index is 7.31. The van der Waals surface area contributed by atoms with Crippen LogP contribution in [0.15, 0.2) is 145 Å². The predicted octanol–water partition coefficient (Wildman–Crippen LogP) is 17.6. The lowest BCUT2D eigenvalue weighted by Crippen LogP contribution is -1.93. The van der Waals surface area contributed by atoms with Crippen molar-refractivity contribution in [3.63, 3.8) is 0 Å². The SMILES string of the molecule is C.C.C.C.C.C.Cc1cc(C)c(C)c(C)c1C.Cc1ccc(C)cc1.Cc1ccccc1C.[3H]c1c([3H])c([3H])c(C)c([3H])c1[3H].[3H]c1ccc(C)cc1[3H].[3H]c1cccc([3H])c1C. The van der Waals surface area contributed by atoms with E-state index in [9.17, 15) is 0 Å². The van der Waals surface area contributed by atoms with Gasteiger partial charge in [0.15, 0.2) is 0 Å². The van der Waals surface area contributed by atoms with Gasteiger partial charge in [-0.1, -0.05) is 218 Å². The largest absolute Gasteiger partial charge is 0.0776 e. The van der Waals surface area contributed by atoms with E-state index in [1.165, 1.54) is 57.0 Å². The van der Waals surface area contributed by atoms with E-state index in [0.29, 0.717) is 29.7 Å². The highest BCUT2D eigenvalue weighted by Gasteiger charge is 2.02. The van der Waals surface area contributed by atoms with E-state index in [-0.39, 0.29) is 74.8 Å². The predicted molar refractivity (Wildman–Crippen MR) is 256 cm³/mol. The Morgan fingerprint density at radius 2 is 0.667 bits per heavy atom. The van der Waals surface area contributed by atoms with E-state index >= 15 is 0 Å². The first-order valence-corrected chi connectivity index (χ1v) is 16.2. The third-order valence-electron chi connectivity index (χ3n) is 7.61. The van der Waals surface area contributed by atoms with Gasteiger partial charge in [0.05, 0.1) is 12.3 Å². The van der Waals surface area contributed by atoms with Gasteiger partial charge in [0, 0.05) is 0 Å². The number of aryl methyl sites for hydroxylation is 7. The fourth-order valence-electron chi connectivity index (χ4n) is 3.89. The molecule has 0 N–H and O–H groups in total. The van der Waals surface area contributed by atoms with E-state index in [1.807, 2.05) is 13.0 Å². The summed E-state index contributed by atoms with van der Waals surface area (Å²) >= 11 is 0. The van der Waals surface area contributed by atoms with Crippen molar-refractivity contribution >= 4 is 0 Å². The summed E-state index contributed by atoms with van der Waals surface area (Å²) in [5.41, 5.74) is 14.6. The van der Waals surface area contributed by atoms with Crippen LogP contribution in [0.1, 0.15) is 124 Å². The fraction of sp³-hybridized carbons (Fsp3) is 0.333. The van der Waals surface area contributed by atoms with Crippen LogP contribution < -0.4 is 0 Å². The molecule has 0 spiro atoms. The van der Waals surface area contributed by atoms with Crippen molar-refractivity contribution in [3.05, 3.63) is 212 Å². The van der Waals surface area contributed by atoms with Crippen molar-refractivity contribution in [2.24, 2.45) is 0 Å². The van der Waals surface area contributed by atoms with Gasteiger partial charge in [0.2, 0.25) is 0 Å². The topological polar surface area (TPSA) is 0 Å². The molecule has 54 heavy (non-hydrogen) atoms. The normalized spacial score (nSPS) is 10.6. The Hall–Kier alpha value is -4.68. The van der Waals surface area contributed by atoms with Gasteiger partial charge in [-0.15, -0.1) is 0 Å². The summed E-state index contributed by atoms with van der Waals surface area (Å²) in [7, 11) is 0. The summed E-state index contributed by atoms with van der Waals surface area (Å²) in [5, 5.41) is 0. The van der Waals surface area contributed by atoms with Crippen molar-refractivity contribution in [2.45, 2.75) is 128 Å². The number of rotatable bonds is 0. The minimum absolute atomic E-state index is 0. The molecule has 0 amide bonds. The molecule has 0 heteroatoms. The van der Waals surface area contributed by atoms with Crippen molar-refractivity contribution in [3.8, 4) is 0 Å². The van der Waals surface area contributed by atoms with Crippen LogP contribution >= 0.6 is 0 Å². The molecule has 0 radical (unpaired) electrons. The number of benzene rings is 6. The summed E-state index contributed by atoms with van der Waals surface area (Å²) in [6, 6.07) is 29.7. The monoisotopic (exact) mass is 751 g/mol. The van der Waals surface area contributed by atoms with Crippen LogP contribution in [0.3, 0.4) is 0 Å². The standard InChI is InChI=1S/C11H16.2C8H10.3C7H8.6CH4/c1-7-6-8(2)10(4)11(5)9(7)3;1-7-3-5-8(2)6-4-7;1-7-5-3-4-6-8(7)2;3*1-7-5-3-2-4-6-7;;;;;;/h6H,1-5H3;2*3-6H,1-2H3;3*2-6H,1H3;6*1H4/i;;;2T,3T,4T,5T,6T;5T,6T;2T,3T;;;;;;. The molecular formula is C54H84. The second-order valence-corrected chi connectivity index (χ2v) is 11.8. The average Bonchev–Trinajstić information content (AvgIpc) is 3.18. The second kappa shape index (κ2) is 35.4. The lowest BCUT2D eigenvalue weighted by Gasteiger charge is -2.10. The van der Waals surface area contributed by atoms with Gasteiger partial charge >= 0.3 is 0 Å². The Morgan fingerprint density at radius 3 is 1.02 bits per heavy atom. The van der Waals surface area contributed by atoms with Gasteiger partial charge in [-0.05, 0) is 122 Å². The lowest BCUT2D eigenvalue weighted by atomic mass is 9.96. The number of hydrogen-bond acceptors (Lipinski definition) is 0. The molecule has 0 aliphatic rings. The molecule has 0 bridgehead atoms. The molecule has 0 nitrogen and oxygen atoms in total. The van der Waals surface area contributed by atoms with E-state index in [0.717, 1.165) is 11.1 Å². The molecule has 0 heterocycles. The summed E-state index contributed by atoms with van der Waals surface area (Å²) in [4.78, 5) is 0. The molecule has 6 rings (SSSR count). The van der Waals surface area contributed by atoms with Gasteiger partial charge in [-0.25, -0.2) is 0 Å². The first kappa shape index (κ1) is 42.1. The number of hydrogen-bond donors (Lipinski definition) is 0. The molecule has 6 aromatic rings. The van der Waals surface area contributed by atoms with Crippen molar-refractivity contribution in [2.75, 3.05) is 0 Å². The summed E-state index contributed by atoms with van der Waals surface area (Å²) in [6.45, 7) is 24.6. The molecule has 0 atom stereocenters. The lowest BCUT2D eigenvalue weighted by molar-refractivity contribution is 1.18. The van der Waals surface area contributed by atoms with Gasteiger partial charge in [0.25, 0.3) is 0 Å². The zero-order chi connectivity index (χ0) is 43.7. The van der Waals surface area contributed by atoms with Gasteiger partial charge in [-0.3, -0.25) is 0 Å². The maximum Gasteiger partial charge on any atom is 0.0625 e. The maximum absolute atomic E-state index is 7.31. The molecule has 0 aliphatic heterocycles. The Labute approximate surface area is 351 Å². The molecular weight excluding hydrogens is 649 g/mol. The molecule has 0 fully saturated rings. The molecule has 0 saturated heterocycles. The zero-order valence-corrected chi connectivity index (χ0v) is 31.2. The Morgan fingerprint density at radius 1 is 0.278 bits per heavy atom. The Balaban J connectivity index is -0.000000153. The highest BCUT2D eigenvalue weighted by Crippen LogP contribution is 2.19. The fourth-order valence-corrected chi connectivity index (χ4v) is 3.89. The minimum Gasteiger partial charge on any atom is -0.0776 e. The molecule has 300 valence electrons. The summed E-state index contributed by atoms with van der Waals surface area (Å²) < 4.78 is 65.1. The third-order valence-corrected chi connectivity index (χ3v) is 7.61. The second-order valence-electron chi connectivity index (χ2n) is 11.8. The van der Waals surface area contributed by atoms with Gasteiger partial charge in [-0.2, -0.15) is 0 Å². The van der Waals surface area contributed by atoms with E-state index in [2.05, 4.69) is 117 Å². The molecule has 0 saturated carbocycles. The van der Waals surface area contributed by atoms with Crippen LogP contribution in [0.25, 0.3) is 0 Å². The molecule has 6 aromatic carbocycles. The van der Waals surface area contributed by atoms with Crippen LogP contribution in [0.5, 0.6) is 0 Å². The first-order chi connectivity index (χ1) is 26.5. The molecule has 0 aliphatic carbocycles. The zero-order valence-electron chi connectivity index (χ0n) is 40.2. The van der Waals surface area contributed by atoms with Crippen LogP contribution in [-0.4, -0.2) is 0 Å². The van der Waals surface area contributed by atoms with Crippen molar-refractivity contribution < 1.29 is 12.3 Å². The van der Waals surface area contributed by atoms with Crippen LogP contribution in [0, 0.1) is 83.1 Å². The Bertz CT molecular complexity index is 2010. The highest BCUT2D eigenvalue weighted by atomic mass is 14.1. The average molecular weight is 751 g/mol. The highest BCUT2D eigenvalue weighted by molar-refractivity contribution is 5.42. The minimum atomic E-state index is -0.337. The van der Waals surface area contributed by atoms with Gasteiger partial charge < -0.3 is 0 Å². The van der Waals surface area contributed by atoms with Crippen LogP contribution in [-0.2, 0) is 0 Å². The van der Waals surface area contributed by atoms with E-state index in [1.54, 1.807) is 37.3 Å². The van der Waals surface area contributed by atoms with Crippen molar-refractivity contribution in [1.29, 1.82) is 0 Å². The summed E-state index contributed by atoms with van der Waals surface area (Å²) in [6.07, 6.45) is 0. The smallest absolute Gasteiger partial charge is 0.0625 e. The Kier molecular flexibility index (Phi) is 27.5. The van der Waals surface area contributed by atoms with E-state index in [4.69, 9.17) is 12.3 Å². The van der Waals surface area contributed by atoms with Crippen molar-refractivity contribution in [1.82, 2.24) is 0 Å². The summed E-state index contributed by atoms with van der Waals surface area (Å²) in [5.74, 6) is 0. The quantitative estimate of drug-likeness (QED) is 0.145.